The van der Waals surface area contributed by atoms with Gasteiger partial charge in [-0.05, 0) is 25.1 Å². The molecule has 0 aliphatic carbocycles. The Morgan fingerprint density at radius 2 is 2.27 bits per heavy atom. The van der Waals surface area contributed by atoms with Crippen LogP contribution in [0.2, 0.25) is 0 Å². The molecule has 2 aromatic rings. The predicted octanol–water partition coefficient (Wildman–Crippen LogP) is 2.26. The molecule has 0 aromatic carbocycles. The maximum atomic E-state index is 9.97. The predicted molar refractivity (Wildman–Crippen MR) is 56.3 cm³/mol. The third-order valence-electron chi connectivity index (χ3n) is 2.38. The van der Waals surface area contributed by atoms with Gasteiger partial charge in [-0.15, -0.1) is 0 Å². The molecule has 0 bridgehead atoms. The van der Waals surface area contributed by atoms with Crippen molar-refractivity contribution in [2.45, 2.75) is 19.4 Å². The number of furan rings is 1. The number of aryl methyl sites for hydroxylation is 1. The van der Waals surface area contributed by atoms with Crippen LogP contribution in [-0.2, 0) is 6.42 Å². The Balaban J connectivity index is 2.15. The van der Waals surface area contributed by atoms with E-state index in [1.165, 1.54) is 0 Å². The number of aliphatic hydroxyl groups is 1. The molecule has 15 heavy (non-hydrogen) atoms. The number of hydrogen-bond acceptors (Lipinski definition) is 3. The zero-order valence-electron chi connectivity index (χ0n) is 8.55. The highest BCUT2D eigenvalue weighted by molar-refractivity contribution is 5.22. The van der Waals surface area contributed by atoms with Crippen LogP contribution in [0.3, 0.4) is 0 Å². The largest absolute Gasteiger partial charge is 0.469 e. The lowest BCUT2D eigenvalue weighted by Gasteiger charge is -2.10. The Morgan fingerprint density at radius 1 is 1.40 bits per heavy atom. The molecule has 2 aromatic heterocycles. The lowest BCUT2D eigenvalue weighted by Crippen LogP contribution is -2.04. The minimum absolute atomic E-state index is 0.486. The number of rotatable bonds is 3. The van der Waals surface area contributed by atoms with Crippen molar-refractivity contribution >= 4 is 0 Å². The summed E-state index contributed by atoms with van der Waals surface area (Å²) in [7, 11) is 0. The van der Waals surface area contributed by atoms with E-state index < -0.39 is 6.10 Å². The van der Waals surface area contributed by atoms with Gasteiger partial charge in [-0.1, -0.05) is 6.07 Å². The van der Waals surface area contributed by atoms with E-state index in [0.717, 1.165) is 17.0 Å². The van der Waals surface area contributed by atoms with E-state index in [1.54, 1.807) is 12.5 Å². The van der Waals surface area contributed by atoms with Gasteiger partial charge in [0, 0.05) is 23.9 Å². The van der Waals surface area contributed by atoms with Crippen LogP contribution in [0.5, 0.6) is 0 Å². The first-order chi connectivity index (χ1) is 7.27. The summed E-state index contributed by atoms with van der Waals surface area (Å²) in [4.78, 5) is 4.14. The smallest absolute Gasteiger partial charge is 0.106 e. The van der Waals surface area contributed by atoms with Crippen molar-refractivity contribution < 1.29 is 9.52 Å². The molecule has 2 heterocycles. The van der Waals surface area contributed by atoms with Gasteiger partial charge >= 0.3 is 0 Å². The molecule has 2 rings (SSSR count). The number of aromatic nitrogens is 1. The molecule has 3 heteroatoms. The maximum absolute atomic E-state index is 9.97. The zero-order valence-corrected chi connectivity index (χ0v) is 8.55. The second kappa shape index (κ2) is 4.28. The van der Waals surface area contributed by atoms with Crippen molar-refractivity contribution in [3.05, 3.63) is 53.7 Å². The summed E-state index contributed by atoms with van der Waals surface area (Å²) in [6.45, 7) is 1.89. The van der Waals surface area contributed by atoms with Crippen LogP contribution in [-0.4, -0.2) is 10.1 Å². The first-order valence-electron chi connectivity index (χ1n) is 4.89. The maximum Gasteiger partial charge on any atom is 0.106 e. The van der Waals surface area contributed by atoms with E-state index >= 15 is 0 Å². The van der Waals surface area contributed by atoms with Crippen molar-refractivity contribution in [1.82, 2.24) is 4.98 Å². The highest BCUT2D eigenvalue weighted by Crippen LogP contribution is 2.20. The fourth-order valence-corrected chi connectivity index (χ4v) is 1.58. The van der Waals surface area contributed by atoms with Crippen LogP contribution < -0.4 is 0 Å². The number of pyridine rings is 1. The Labute approximate surface area is 88.4 Å². The minimum Gasteiger partial charge on any atom is -0.469 e. The SMILES string of the molecule is Cc1ncccc1C(O)Cc1ccco1. The monoisotopic (exact) mass is 203 g/mol. The van der Waals surface area contributed by atoms with E-state index in [0.29, 0.717) is 6.42 Å². The van der Waals surface area contributed by atoms with Gasteiger partial charge in [0.05, 0.1) is 12.4 Å². The molecule has 1 unspecified atom stereocenters. The van der Waals surface area contributed by atoms with Crippen LogP contribution in [0.15, 0.2) is 41.1 Å². The van der Waals surface area contributed by atoms with Crippen molar-refractivity contribution in [3.63, 3.8) is 0 Å². The van der Waals surface area contributed by atoms with E-state index in [4.69, 9.17) is 4.42 Å². The molecule has 0 saturated carbocycles. The van der Waals surface area contributed by atoms with Gasteiger partial charge in [0.2, 0.25) is 0 Å². The molecule has 0 spiro atoms. The van der Waals surface area contributed by atoms with Gasteiger partial charge in [0.15, 0.2) is 0 Å². The van der Waals surface area contributed by atoms with Crippen LogP contribution in [0.25, 0.3) is 0 Å². The molecule has 0 radical (unpaired) electrons. The summed E-state index contributed by atoms with van der Waals surface area (Å²) in [6.07, 6.45) is 3.26. The van der Waals surface area contributed by atoms with Crippen molar-refractivity contribution in [3.8, 4) is 0 Å². The summed E-state index contributed by atoms with van der Waals surface area (Å²) in [6, 6.07) is 7.39. The fourth-order valence-electron chi connectivity index (χ4n) is 1.58. The van der Waals surface area contributed by atoms with E-state index in [9.17, 15) is 5.11 Å². The summed E-state index contributed by atoms with van der Waals surface area (Å²) < 4.78 is 5.19. The lowest BCUT2D eigenvalue weighted by molar-refractivity contribution is 0.169. The van der Waals surface area contributed by atoms with Gasteiger partial charge in [0.1, 0.15) is 5.76 Å². The quantitative estimate of drug-likeness (QED) is 0.832. The van der Waals surface area contributed by atoms with Crippen LogP contribution >= 0.6 is 0 Å². The van der Waals surface area contributed by atoms with Crippen LogP contribution in [0.4, 0.5) is 0 Å². The summed E-state index contributed by atoms with van der Waals surface area (Å²) >= 11 is 0. The first-order valence-corrected chi connectivity index (χ1v) is 4.89. The molecule has 0 saturated heterocycles. The topological polar surface area (TPSA) is 46.3 Å². The van der Waals surface area contributed by atoms with Gasteiger partial charge < -0.3 is 9.52 Å². The molecule has 0 aliphatic heterocycles. The van der Waals surface area contributed by atoms with Crippen molar-refractivity contribution in [2.75, 3.05) is 0 Å². The molecule has 1 atom stereocenters. The summed E-state index contributed by atoms with van der Waals surface area (Å²) in [5.41, 5.74) is 1.71. The molecule has 0 aliphatic rings. The fraction of sp³-hybridized carbons (Fsp3) is 0.250. The molecule has 0 fully saturated rings. The van der Waals surface area contributed by atoms with Gasteiger partial charge in [0.25, 0.3) is 0 Å². The highest BCUT2D eigenvalue weighted by atomic mass is 16.3. The number of aliphatic hydroxyl groups excluding tert-OH is 1. The molecular weight excluding hydrogens is 190 g/mol. The van der Waals surface area contributed by atoms with Crippen LogP contribution in [0, 0.1) is 6.92 Å². The van der Waals surface area contributed by atoms with E-state index in [1.807, 2.05) is 31.2 Å². The summed E-state index contributed by atoms with van der Waals surface area (Å²) in [5.74, 6) is 0.783. The average Bonchev–Trinajstić information content (AvgIpc) is 2.71. The lowest BCUT2D eigenvalue weighted by atomic mass is 10.0. The third kappa shape index (κ3) is 2.25. The Morgan fingerprint density at radius 3 is 2.93 bits per heavy atom. The summed E-state index contributed by atoms with van der Waals surface area (Å²) in [5, 5.41) is 9.97. The average molecular weight is 203 g/mol. The Kier molecular flexibility index (Phi) is 2.83. The van der Waals surface area contributed by atoms with Gasteiger partial charge in [-0.25, -0.2) is 0 Å². The molecule has 1 N–H and O–H groups in total. The van der Waals surface area contributed by atoms with E-state index in [-0.39, 0.29) is 0 Å². The molecule has 3 nitrogen and oxygen atoms in total. The molecular formula is C12H13NO2. The zero-order chi connectivity index (χ0) is 10.7. The molecule has 78 valence electrons. The van der Waals surface area contributed by atoms with Crippen LogP contribution in [0.1, 0.15) is 23.1 Å². The van der Waals surface area contributed by atoms with Crippen molar-refractivity contribution in [2.24, 2.45) is 0 Å². The second-order valence-electron chi connectivity index (χ2n) is 3.48. The number of hydrogen-bond donors (Lipinski definition) is 1. The second-order valence-corrected chi connectivity index (χ2v) is 3.48. The number of nitrogens with zero attached hydrogens (tertiary/aromatic N) is 1. The van der Waals surface area contributed by atoms with E-state index in [2.05, 4.69) is 4.98 Å². The first kappa shape index (κ1) is 9.93. The Hall–Kier alpha value is -1.61. The standard InChI is InChI=1S/C12H13NO2/c1-9-11(5-2-6-13-9)12(14)8-10-4-3-7-15-10/h2-7,12,14H,8H2,1H3. The highest BCUT2D eigenvalue weighted by Gasteiger charge is 2.12. The Bertz CT molecular complexity index is 423. The minimum atomic E-state index is -0.551. The third-order valence-corrected chi connectivity index (χ3v) is 2.38. The van der Waals surface area contributed by atoms with Gasteiger partial charge in [-0.2, -0.15) is 0 Å². The van der Waals surface area contributed by atoms with Crippen molar-refractivity contribution in [1.29, 1.82) is 0 Å². The molecule has 0 amide bonds. The van der Waals surface area contributed by atoms with Gasteiger partial charge in [-0.3, -0.25) is 4.98 Å². The normalized spacial score (nSPS) is 12.7.